The average Bonchev–Trinajstić information content (AvgIpc) is 2.79. The molecule has 0 spiro atoms. The van der Waals surface area contributed by atoms with E-state index in [1.807, 2.05) is 13.8 Å². The number of nitrogens with zero attached hydrogens (tertiary/aromatic N) is 3. The van der Waals surface area contributed by atoms with Gasteiger partial charge in [-0.2, -0.15) is 0 Å². The van der Waals surface area contributed by atoms with Crippen molar-refractivity contribution in [1.29, 1.82) is 0 Å². The van der Waals surface area contributed by atoms with Crippen LogP contribution < -0.4 is 0 Å². The molecule has 0 amide bonds. The lowest BCUT2D eigenvalue weighted by Gasteiger charge is -2.27. The first-order valence-electron chi connectivity index (χ1n) is 6.52. The number of esters is 2. The van der Waals surface area contributed by atoms with Gasteiger partial charge in [-0.3, -0.25) is 4.79 Å². The Bertz CT molecular complexity index is 522. The van der Waals surface area contributed by atoms with Crippen LogP contribution in [0.2, 0.25) is 0 Å². The Kier molecular flexibility index (Phi) is 5.42. The minimum atomic E-state index is -1.06. The smallest absolute Gasteiger partial charge is 0.360 e. The number of ether oxygens (including phenoxy) is 2. The lowest BCUT2D eigenvalue weighted by molar-refractivity contribution is -0.140. The van der Waals surface area contributed by atoms with Gasteiger partial charge in [0.05, 0.1) is 38.5 Å². The van der Waals surface area contributed by atoms with E-state index in [4.69, 9.17) is 0 Å². The molecule has 1 N–H and O–H groups in total. The van der Waals surface area contributed by atoms with E-state index < -0.39 is 17.5 Å². The number of aromatic nitrogens is 3. The van der Waals surface area contributed by atoms with E-state index in [-0.39, 0.29) is 30.3 Å². The van der Waals surface area contributed by atoms with Crippen molar-refractivity contribution in [3.05, 3.63) is 11.4 Å². The predicted molar refractivity (Wildman–Crippen MR) is 72.5 cm³/mol. The molecule has 1 atom stereocenters. The van der Waals surface area contributed by atoms with Crippen LogP contribution in [0.15, 0.2) is 0 Å². The van der Waals surface area contributed by atoms with E-state index in [9.17, 15) is 14.7 Å². The number of aliphatic hydroxyl groups is 1. The van der Waals surface area contributed by atoms with Crippen molar-refractivity contribution in [3.63, 3.8) is 0 Å². The Morgan fingerprint density at radius 1 is 1.33 bits per heavy atom. The van der Waals surface area contributed by atoms with Crippen molar-refractivity contribution in [1.82, 2.24) is 15.0 Å². The highest BCUT2D eigenvalue weighted by atomic mass is 16.5. The molecule has 1 rings (SSSR count). The average molecular weight is 299 g/mol. The Morgan fingerprint density at radius 3 is 2.43 bits per heavy atom. The summed E-state index contributed by atoms with van der Waals surface area (Å²) in [5.41, 5.74) is -0.858. The number of methoxy groups -OCH3 is 2. The van der Waals surface area contributed by atoms with Crippen molar-refractivity contribution < 1.29 is 24.2 Å². The fraction of sp³-hybridized carbons (Fsp3) is 0.692. The molecule has 1 heterocycles. The van der Waals surface area contributed by atoms with E-state index in [0.717, 1.165) is 0 Å². The first kappa shape index (κ1) is 17.1. The number of carbonyl (C=O) groups is 2. The van der Waals surface area contributed by atoms with Crippen LogP contribution in [0, 0.1) is 5.92 Å². The summed E-state index contributed by atoms with van der Waals surface area (Å²) in [4.78, 5) is 23.2. The van der Waals surface area contributed by atoms with Gasteiger partial charge in [0.2, 0.25) is 0 Å². The second-order valence-electron chi connectivity index (χ2n) is 5.30. The predicted octanol–water partition coefficient (Wildman–Crippen LogP) is 0.187. The highest BCUT2D eigenvalue weighted by Crippen LogP contribution is 2.20. The van der Waals surface area contributed by atoms with Gasteiger partial charge in [-0.15, -0.1) is 5.10 Å². The van der Waals surface area contributed by atoms with E-state index in [0.29, 0.717) is 0 Å². The summed E-state index contributed by atoms with van der Waals surface area (Å²) in [6.45, 7) is 5.47. The molecule has 0 aliphatic rings. The SMILES string of the molecule is COC(=O)Cc1c(C(=O)OC)nnn1CC(C)(O)C(C)C. The third-order valence-corrected chi connectivity index (χ3v) is 3.47. The number of rotatable bonds is 6. The molecular formula is C13H21N3O5. The molecule has 1 aromatic rings. The second kappa shape index (κ2) is 6.66. The van der Waals surface area contributed by atoms with Gasteiger partial charge in [0.25, 0.3) is 0 Å². The molecule has 8 heteroatoms. The largest absolute Gasteiger partial charge is 0.469 e. The summed E-state index contributed by atoms with van der Waals surface area (Å²) in [5.74, 6) is -1.27. The molecule has 0 aliphatic heterocycles. The molecule has 0 fully saturated rings. The Labute approximate surface area is 123 Å². The third kappa shape index (κ3) is 4.01. The topological polar surface area (TPSA) is 104 Å². The monoisotopic (exact) mass is 299 g/mol. The zero-order valence-electron chi connectivity index (χ0n) is 12.9. The van der Waals surface area contributed by atoms with Crippen LogP contribution >= 0.6 is 0 Å². The fourth-order valence-corrected chi connectivity index (χ4v) is 1.58. The Morgan fingerprint density at radius 2 is 1.95 bits per heavy atom. The van der Waals surface area contributed by atoms with Crippen LogP contribution in [0.4, 0.5) is 0 Å². The zero-order valence-corrected chi connectivity index (χ0v) is 12.9. The molecule has 0 saturated heterocycles. The molecule has 0 aromatic carbocycles. The lowest BCUT2D eigenvalue weighted by atomic mass is 9.92. The van der Waals surface area contributed by atoms with Crippen molar-refractivity contribution in [2.24, 2.45) is 5.92 Å². The lowest BCUT2D eigenvalue weighted by Crippen LogP contribution is -2.37. The van der Waals surface area contributed by atoms with Gasteiger partial charge in [0.15, 0.2) is 5.69 Å². The van der Waals surface area contributed by atoms with Gasteiger partial charge < -0.3 is 14.6 Å². The van der Waals surface area contributed by atoms with Gasteiger partial charge in [-0.1, -0.05) is 19.1 Å². The van der Waals surface area contributed by atoms with Gasteiger partial charge in [-0.25, -0.2) is 9.48 Å². The molecular weight excluding hydrogens is 278 g/mol. The quantitative estimate of drug-likeness (QED) is 0.748. The van der Waals surface area contributed by atoms with E-state index >= 15 is 0 Å². The van der Waals surface area contributed by atoms with E-state index in [2.05, 4.69) is 19.8 Å². The molecule has 8 nitrogen and oxygen atoms in total. The first-order valence-corrected chi connectivity index (χ1v) is 6.52. The van der Waals surface area contributed by atoms with Gasteiger partial charge >= 0.3 is 11.9 Å². The molecule has 0 aliphatic carbocycles. The number of carbonyl (C=O) groups excluding carboxylic acids is 2. The number of hydrogen-bond acceptors (Lipinski definition) is 7. The van der Waals surface area contributed by atoms with Gasteiger partial charge in [0, 0.05) is 0 Å². The normalized spacial score (nSPS) is 13.9. The maximum Gasteiger partial charge on any atom is 0.360 e. The minimum absolute atomic E-state index is 0.0470. The summed E-state index contributed by atoms with van der Waals surface area (Å²) in [7, 11) is 2.46. The van der Waals surface area contributed by atoms with Crippen molar-refractivity contribution in [3.8, 4) is 0 Å². The zero-order chi connectivity index (χ0) is 16.2. The van der Waals surface area contributed by atoms with Crippen LogP contribution in [0.5, 0.6) is 0 Å². The fourth-order valence-electron chi connectivity index (χ4n) is 1.58. The maximum atomic E-state index is 11.7. The van der Waals surface area contributed by atoms with Crippen molar-refractivity contribution in [2.45, 2.75) is 39.3 Å². The van der Waals surface area contributed by atoms with E-state index in [1.165, 1.54) is 18.9 Å². The summed E-state index contributed by atoms with van der Waals surface area (Å²) in [6.07, 6.45) is -0.178. The number of hydrogen-bond donors (Lipinski definition) is 1. The van der Waals surface area contributed by atoms with Crippen LogP contribution in [-0.4, -0.2) is 51.9 Å². The Hall–Kier alpha value is -1.96. The second-order valence-corrected chi connectivity index (χ2v) is 5.30. The van der Waals surface area contributed by atoms with Crippen molar-refractivity contribution in [2.75, 3.05) is 14.2 Å². The van der Waals surface area contributed by atoms with Gasteiger partial charge in [-0.05, 0) is 12.8 Å². The standard InChI is InChI=1S/C13H21N3O5/c1-8(2)13(3,19)7-16-9(6-10(17)20-4)11(14-15-16)12(18)21-5/h8,19H,6-7H2,1-5H3. The third-order valence-electron chi connectivity index (χ3n) is 3.47. The van der Waals surface area contributed by atoms with Crippen molar-refractivity contribution >= 4 is 11.9 Å². The summed E-state index contributed by atoms with van der Waals surface area (Å²) >= 11 is 0. The van der Waals surface area contributed by atoms with Crippen LogP contribution in [0.3, 0.4) is 0 Å². The van der Waals surface area contributed by atoms with Crippen LogP contribution in [0.25, 0.3) is 0 Å². The molecule has 0 radical (unpaired) electrons. The summed E-state index contributed by atoms with van der Waals surface area (Å²) in [5, 5.41) is 17.9. The molecule has 1 aromatic heterocycles. The molecule has 118 valence electrons. The first-order chi connectivity index (χ1) is 9.72. The van der Waals surface area contributed by atoms with Crippen LogP contribution in [0.1, 0.15) is 37.0 Å². The Balaban J connectivity index is 3.17. The van der Waals surface area contributed by atoms with Crippen LogP contribution in [-0.2, 0) is 27.2 Å². The molecule has 21 heavy (non-hydrogen) atoms. The molecule has 0 bridgehead atoms. The molecule has 1 unspecified atom stereocenters. The van der Waals surface area contributed by atoms with E-state index in [1.54, 1.807) is 6.92 Å². The molecule has 0 saturated carbocycles. The summed E-state index contributed by atoms with van der Waals surface area (Å²) in [6, 6.07) is 0. The maximum absolute atomic E-state index is 11.7. The van der Waals surface area contributed by atoms with Gasteiger partial charge in [0.1, 0.15) is 0 Å². The minimum Gasteiger partial charge on any atom is -0.469 e. The highest BCUT2D eigenvalue weighted by Gasteiger charge is 2.30. The highest BCUT2D eigenvalue weighted by molar-refractivity contribution is 5.89. The summed E-state index contributed by atoms with van der Waals surface area (Å²) < 4.78 is 10.6.